The Morgan fingerprint density at radius 3 is 2.07 bits per heavy atom. The molecule has 4 rings (SSSR count). The third-order valence-electron chi connectivity index (χ3n) is 5.58. The normalized spacial score (nSPS) is 18.8. The summed E-state index contributed by atoms with van der Waals surface area (Å²) >= 11 is -1.94. The molecule has 0 spiro atoms. The Bertz CT molecular complexity index is 1040. The first kappa shape index (κ1) is 19.6. The highest BCUT2D eigenvalue weighted by atomic mass is 32.2. The standard InChI is InChI=1S/C21H20N2O5S/c1-13(29(27)28)22-8-10-23(11-9-22)21(26)14-6-7-17-18(12-14)20(25)16-5-3-2-4-15(16)19(17)24/h2-7,12-13H,8-11H2,1H3,(H,27,28). The molecule has 0 bridgehead atoms. The second-order valence-corrected chi connectivity index (χ2v) is 8.40. The minimum Gasteiger partial charge on any atom is -0.336 e. The van der Waals surface area contributed by atoms with E-state index < -0.39 is 16.5 Å². The van der Waals surface area contributed by atoms with Crippen molar-refractivity contribution in [3.05, 3.63) is 70.3 Å². The Balaban J connectivity index is 1.55. The number of amides is 1. The minimum atomic E-state index is -1.94. The number of hydrogen-bond donors (Lipinski definition) is 1. The molecule has 2 atom stereocenters. The number of piperazine rings is 1. The summed E-state index contributed by atoms with van der Waals surface area (Å²) in [6, 6.07) is 11.3. The lowest BCUT2D eigenvalue weighted by molar-refractivity contribution is 0.0626. The SMILES string of the molecule is CC(N1CCN(C(=O)c2ccc3c(c2)C(=O)c2ccccc2C3=O)CC1)S(=O)O. The predicted octanol–water partition coefficient (Wildman–Crippen LogP) is 1.79. The van der Waals surface area contributed by atoms with Gasteiger partial charge in [0.2, 0.25) is 0 Å². The molecule has 1 saturated heterocycles. The molecular weight excluding hydrogens is 392 g/mol. The summed E-state index contributed by atoms with van der Waals surface area (Å²) < 4.78 is 20.5. The Morgan fingerprint density at radius 2 is 1.48 bits per heavy atom. The molecule has 1 N–H and O–H groups in total. The first-order valence-corrected chi connectivity index (χ1v) is 10.5. The van der Waals surface area contributed by atoms with Crippen molar-refractivity contribution in [1.82, 2.24) is 9.80 Å². The van der Waals surface area contributed by atoms with Gasteiger partial charge in [0, 0.05) is 54.0 Å². The monoisotopic (exact) mass is 412 g/mol. The maximum Gasteiger partial charge on any atom is 0.253 e. The van der Waals surface area contributed by atoms with Gasteiger partial charge in [-0.3, -0.25) is 19.3 Å². The van der Waals surface area contributed by atoms with Crippen molar-refractivity contribution in [2.24, 2.45) is 0 Å². The van der Waals surface area contributed by atoms with Gasteiger partial charge >= 0.3 is 0 Å². The van der Waals surface area contributed by atoms with E-state index in [-0.39, 0.29) is 23.0 Å². The van der Waals surface area contributed by atoms with E-state index in [1.54, 1.807) is 48.2 Å². The zero-order valence-electron chi connectivity index (χ0n) is 15.8. The Kier molecular flexibility index (Phi) is 5.16. The van der Waals surface area contributed by atoms with Gasteiger partial charge in [0.15, 0.2) is 22.6 Å². The third kappa shape index (κ3) is 3.43. The van der Waals surface area contributed by atoms with Crippen molar-refractivity contribution >= 4 is 28.6 Å². The van der Waals surface area contributed by atoms with E-state index >= 15 is 0 Å². The van der Waals surface area contributed by atoms with Crippen molar-refractivity contribution in [1.29, 1.82) is 0 Å². The van der Waals surface area contributed by atoms with Gasteiger partial charge in [0.1, 0.15) is 5.37 Å². The largest absolute Gasteiger partial charge is 0.336 e. The van der Waals surface area contributed by atoms with Crippen LogP contribution < -0.4 is 0 Å². The number of fused-ring (bicyclic) bond motifs is 2. The maximum atomic E-state index is 12.9. The van der Waals surface area contributed by atoms with Crippen LogP contribution in [-0.4, -0.2) is 67.6 Å². The molecule has 1 aliphatic carbocycles. The summed E-state index contributed by atoms with van der Waals surface area (Å²) in [5.41, 5.74) is 1.66. The molecule has 0 saturated carbocycles. The highest BCUT2D eigenvalue weighted by Gasteiger charge is 2.31. The van der Waals surface area contributed by atoms with Crippen molar-refractivity contribution in [2.75, 3.05) is 26.2 Å². The van der Waals surface area contributed by atoms with Crippen LogP contribution in [0, 0.1) is 0 Å². The zero-order valence-corrected chi connectivity index (χ0v) is 16.6. The van der Waals surface area contributed by atoms with E-state index in [1.807, 2.05) is 4.90 Å². The molecular formula is C21H20N2O5S. The molecule has 1 aliphatic heterocycles. The number of hydrogen-bond acceptors (Lipinski definition) is 5. The van der Waals surface area contributed by atoms with Gasteiger partial charge in [-0.15, -0.1) is 0 Å². The Hall–Kier alpha value is -2.68. The van der Waals surface area contributed by atoms with Crippen LogP contribution >= 0.6 is 0 Å². The summed E-state index contributed by atoms with van der Waals surface area (Å²) in [5, 5.41) is -0.486. The van der Waals surface area contributed by atoms with Crippen LogP contribution in [0.3, 0.4) is 0 Å². The van der Waals surface area contributed by atoms with E-state index in [4.69, 9.17) is 0 Å². The van der Waals surface area contributed by atoms with E-state index in [9.17, 15) is 23.1 Å². The summed E-state index contributed by atoms with van der Waals surface area (Å²) in [4.78, 5) is 42.0. The summed E-state index contributed by atoms with van der Waals surface area (Å²) in [6.07, 6.45) is 0. The van der Waals surface area contributed by atoms with Crippen LogP contribution in [-0.2, 0) is 11.1 Å². The molecule has 0 radical (unpaired) electrons. The smallest absolute Gasteiger partial charge is 0.253 e. The molecule has 1 amide bonds. The van der Waals surface area contributed by atoms with Crippen molar-refractivity contribution in [3.8, 4) is 0 Å². The first-order valence-electron chi connectivity index (χ1n) is 9.34. The molecule has 7 nitrogen and oxygen atoms in total. The third-order valence-corrected chi connectivity index (χ3v) is 6.46. The van der Waals surface area contributed by atoms with Crippen LogP contribution in [0.1, 0.15) is 49.1 Å². The van der Waals surface area contributed by atoms with Crippen LogP contribution in [0.2, 0.25) is 0 Å². The van der Waals surface area contributed by atoms with Crippen molar-refractivity contribution in [3.63, 3.8) is 0 Å². The number of carbonyl (C=O) groups excluding carboxylic acids is 3. The molecule has 150 valence electrons. The van der Waals surface area contributed by atoms with Gasteiger partial charge in [-0.2, -0.15) is 0 Å². The predicted molar refractivity (Wildman–Crippen MR) is 107 cm³/mol. The van der Waals surface area contributed by atoms with Crippen molar-refractivity contribution < 1.29 is 23.1 Å². The fourth-order valence-corrected chi connectivity index (χ4v) is 4.30. The quantitative estimate of drug-likeness (QED) is 0.659. The second-order valence-electron chi connectivity index (χ2n) is 7.17. The minimum absolute atomic E-state index is 0.214. The summed E-state index contributed by atoms with van der Waals surface area (Å²) in [5.74, 6) is -0.688. The van der Waals surface area contributed by atoms with Gasteiger partial charge in [-0.1, -0.05) is 24.3 Å². The van der Waals surface area contributed by atoms with Gasteiger partial charge in [0.05, 0.1) is 0 Å². The molecule has 29 heavy (non-hydrogen) atoms. The zero-order chi connectivity index (χ0) is 20.7. The average molecular weight is 412 g/mol. The number of benzene rings is 2. The summed E-state index contributed by atoms with van der Waals surface area (Å²) in [7, 11) is 0. The highest BCUT2D eigenvalue weighted by Crippen LogP contribution is 2.28. The lowest BCUT2D eigenvalue weighted by atomic mass is 9.83. The fraction of sp³-hybridized carbons (Fsp3) is 0.286. The van der Waals surface area contributed by atoms with E-state index in [2.05, 4.69) is 0 Å². The van der Waals surface area contributed by atoms with Crippen LogP contribution in [0.4, 0.5) is 0 Å². The topological polar surface area (TPSA) is 95.0 Å². The number of carbonyl (C=O) groups is 3. The van der Waals surface area contributed by atoms with Crippen LogP contribution in [0.15, 0.2) is 42.5 Å². The molecule has 1 heterocycles. The van der Waals surface area contributed by atoms with E-state index in [0.717, 1.165) is 0 Å². The second kappa shape index (κ2) is 7.62. The number of nitrogens with zero attached hydrogens (tertiary/aromatic N) is 2. The molecule has 1 fully saturated rings. The molecule has 0 aromatic heterocycles. The first-order chi connectivity index (χ1) is 13.9. The number of ketones is 2. The molecule has 2 aromatic carbocycles. The fourth-order valence-electron chi connectivity index (χ4n) is 3.83. The van der Waals surface area contributed by atoms with E-state index in [0.29, 0.717) is 48.4 Å². The van der Waals surface area contributed by atoms with E-state index in [1.165, 1.54) is 6.07 Å². The Morgan fingerprint density at radius 1 is 0.931 bits per heavy atom. The van der Waals surface area contributed by atoms with Gasteiger partial charge in [-0.05, 0) is 25.1 Å². The molecule has 2 aromatic rings. The van der Waals surface area contributed by atoms with Crippen LogP contribution in [0.25, 0.3) is 0 Å². The van der Waals surface area contributed by atoms with Crippen molar-refractivity contribution in [2.45, 2.75) is 12.3 Å². The lowest BCUT2D eigenvalue weighted by Crippen LogP contribution is -2.52. The van der Waals surface area contributed by atoms with Gasteiger partial charge < -0.3 is 9.45 Å². The van der Waals surface area contributed by atoms with Gasteiger partial charge in [0.25, 0.3) is 5.91 Å². The Labute approximate surface area is 170 Å². The maximum absolute atomic E-state index is 12.9. The molecule has 8 heteroatoms. The van der Waals surface area contributed by atoms with Gasteiger partial charge in [-0.25, -0.2) is 4.21 Å². The lowest BCUT2D eigenvalue weighted by Gasteiger charge is -2.36. The molecule has 2 unspecified atom stereocenters. The number of rotatable bonds is 3. The summed E-state index contributed by atoms with van der Waals surface area (Å²) in [6.45, 7) is 3.52. The average Bonchev–Trinajstić information content (AvgIpc) is 2.76. The highest BCUT2D eigenvalue weighted by molar-refractivity contribution is 7.79. The molecule has 2 aliphatic rings. The van der Waals surface area contributed by atoms with Crippen LogP contribution in [0.5, 0.6) is 0 Å².